The van der Waals surface area contributed by atoms with Gasteiger partial charge in [0.2, 0.25) is 5.91 Å². The highest BCUT2D eigenvalue weighted by molar-refractivity contribution is 5.80. The zero-order chi connectivity index (χ0) is 17.8. The van der Waals surface area contributed by atoms with Gasteiger partial charge in [0.25, 0.3) is 0 Å². The third-order valence-corrected chi connectivity index (χ3v) is 4.39. The van der Waals surface area contributed by atoms with Gasteiger partial charge in [0, 0.05) is 13.0 Å². The molecule has 7 heteroatoms. The first-order valence-electron chi connectivity index (χ1n) is 8.55. The maximum Gasteiger partial charge on any atom is 0.249 e. The molecule has 1 aromatic heterocycles. The summed E-state index contributed by atoms with van der Waals surface area (Å²) in [5.41, 5.74) is 0.960. The van der Waals surface area contributed by atoms with E-state index in [2.05, 4.69) is 20.1 Å². The molecule has 1 aliphatic rings. The van der Waals surface area contributed by atoms with Crippen LogP contribution in [0.15, 0.2) is 24.3 Å². The van der Waals surface area contributed by atoms with Crippen molar-refractivity contribution < 1.29 is 14.3 Å². The number of nitrogens with zero attached hydrogens (tertiary/aromatic N) is 3. The molecule has 134 valence electrons. The number of aromatic nitrogens is 3. The molecule has 25 heavy (non-hydrogen) atoms. The first kappa shape index (κ1) is 17.4. The molecule has 2 atom stereocenters. The second-order valence-corrected chi connectivity index (χ2v) is 6.26. The van der Waals surface area contributed by atoms with Crippen molar-refractivity contribution in [2.24, 2.45) is 0 Å². The van der Waals surface area contributed by atoms with E-state index in [-0.39, 0.29) is 11.9 Å². The van der Waals surface area contributed by atoms with Gasteiger partial charge in [-0.25, -0.2) is 0 Å². The van der Waals surface area contributed by atoms with E-state index in [0.29, 0.717) is 6.61 Å². The van der Waals surface area contributed by atoms with Gasteiger partial charge in [-0.2, -0.15) is 0 Å². The fourth-order valence-corrected chi connectivity index (χ4v) is 2.95. The monoisotopic (exact) mass is 344 g/mol. The van der Waals surface area contributed by atoms with Crippen LogP contribution in [-0.4, -0.2) is 33.9 Å². The maximum atomic E-state index is 12.4. The molecule has 0 aliphatic carbocycles. The lowest BCUT2D eigenvalue weighted by molar-refractivity contribution is -0.133. The fourth-order valence-electron chi connectivity index (χ4n) is 2.95. The van der Waals surface area contributed by atoms with Gasteiger partial charge in [-0.15, -0.1) is 10.2 Å². The van der Waals surface area contributed by atoms with Crippen LogP contribution in [0.3, 0.4) is 0 Å². The number of nitrogens with one attached hydrogen (secondary N) is 1. The van der Waals surface area contributed by atoms with Gasteiger partial charge < -0.3 is 19.4 Å². The van der Waals surface area contributed by atoms with Gasteiger partial charge >= 0.3 is 0 Å². The predicted octanol–water partition coefficient (Wildman–Crippen LogP) is 2.02. The number of hydrogen-bond acceptors (Lipinski definition) is 5. The Kier molecular flexibility index (Phi) is 5.33. The lowest BCUT2D eigenvalue weighted by Gasteiger charge is -2.18. The molecule has 2 aromatic rings. The largest absolute Gasteiger partial charge is 0.497 e. The highest BCUT2D eigenvalue weighted by atomic mass is 16.5. The van der Waals surface area contributed by atoms with Gasteiger partial charge in [0.1, 0.15) is 17.7 Å². The molecule has 0 spiro atoms. The minimum absolute atomic E-state index is 0.161. The fraction of sp³-hybridized carbons (Fsp3) is 0.500. The van der Waals surface area contributed by atoms with Crippen molar-refractivity contribution in [3.63, 3.8) is 0 Å². The van der Waals surface area contributed by atoms with Gasteiger partial charge in [0.05, 0.1) is 19.8 Å². The van der Waals surface area contributed by atoms with E-state index in [1.165, 1.54) is 0 Å². The number of rotatable bonds is 7. The molecule has 0 saturated heterocycles. The lowest BCUT2D eigenvalue weighted by Crippen LogP contribution is -2.37. The van der Waals surface area contributed by atoms with Gasteiger partial charge in [0.15, 0.2) is 5.82 Å². The average molecular weight is 344 g/mol. The molecule has 1 amide bonds. The van der Waals surface area contributed by atoms with Crippen molar-refractivity contribution in [2.75, 3.05) is 7.11 Å². The van der Waals surface area contributed by atoms with Crippen LogP contribution in [0.2, 0.25) is 0 Å². The van der Waals surface area contributed by atoms with Crippen molar-refractivity contribution >= 4 is 5.91 Å². The third-order valence-electron chi connectivity index (χ3n) is 4.39. The van der Waals surface area contributed by atoms with E-state index in [9.17, 15) is 4.79 Å². The summed E-state index contributed by atoms with van der Waals surface area (Å²) < 4.78 is 13.0. The molecule has 2 unspecified atom stereocenters. The van der Waals surface area contributed by atoms with Crippen LogP contribution in [0.4, 0.5) is 0 Å². The molecular weight excluding hydrogens is 320 g/mol. The zero-order valence-electron chi connectivity index (χ0n) is 14.9. The van der Waals surface area contributed by atoms with Crippen molar-refractivity contribution in [3.05, 3.63) is 41.5 Å². The number of ether oxygens (including phenoxy) is 2. The number of carbonyl (C=O) groups excluding carboxylic acids is 1. The zero-order valence-corrected chi connectivity index (χ0v) is 14.9. The number of amides is 1. The second kappa shape index (κ2) is 7.65. The maximum absolute atomic E-state index is 12.4. The van der Waals surface area contributed by atoms with Crippen molar-refractivity contribution in [3.8, 4) is 5.75 Å². The second-order valence-electron chi connectivity index (χ2n) is 6.26. The normalized spacial score (nSPS) is 15.5. The lowest BCUT2D eigenvalue weighted by atomic mass is 10.2. The van der Waals surface area contributed by atoms with Crippen LogP contribution in [0.25, 0.3) is 0 Å². The van der Waals surface area contributed by atoms with Gasteiger partial charge in [-0.3, -0.25) is 4.79 Å². The van der Waals surface area contributed by atoms with E-state index in [1.807, 2.05) is 31.2 Å². The average Bonchev–Trinajstić information content (AvgIpc) is 3.23. The molecule has 1 aliphatic heterocycles. The van der Waals surface area contributed by atoms with Crippen molar-refractivity contribution in [1.82, 2.24) is 20.1 Å². The summed E-state index contributed by atoms with van der Waals surface area (Å²) in [6.07, 6.45) is 1.47. The van der Waals surface area contributed by atoms with Crippen LogP contribution in [-0.2, 0) is 29.1 Å². The Morgan fingerprint density at radius 1 is 1.36 bits per heavy atom. The Labute approximate surface area is 147 Å². The first-order valence-corrected chi connectivity index (χ1v) is 8.55. The molecule has 0 fully saturated rings. The molecular formula is C18H24N4O3. The minimum Gasteiger partial charge on any atom is -0.497 e. The van der Waals surface area contributed by atoms with Crippen molar-refractivity contribution in [2.45, 2.75) is 52.0 Å². The highest BCUT2D eigenvalue weighted by Crippen LogP contribution is 2.19. The van der Waals surface area contributed by atoms with E-state index < -0.39 is 6.10 Å². The Morgan fingerprint density at radius 2 is 2.20 bits per heavy atom. The van der Waals surface area contributed by atoms with Gasteiger partial charge in [-0.1, -0.05) is 12.1 Å². The number of methoxy groups -OCH3 is 1. The Morgan fingerprint density at radius 3 is 3.00 bits per heavy atom. The van der Waals surface area contributed by atoms with E-state index in [0.717, 1.165) is 42.3 Å². The minimum atomic E-state index is -0.561. The number of benzene rings is 1. The van der Waals surface area contributed by atoms with Crippen molar-refractivity contribution in [1.29, 1.82) is 0 Å². The number of aryl methyl sites for hydroxylation is 1. The van der Waals surface area contributed by atoms with Crippen LogP contribution in [0.5, 0.6) is 5.75 Å². The molecule has 1 N–H and O–H groups in total. The first-order chi connectivity index (χ1) is 12.1. The molecule has 1 aromatic carbocycles. The summed E-state index contributed by atoms with van der Waals surface area (Å²) in [6.45, 7) is 4.93. The van der Waals surface area contributed by atoms with Crippen LogP contribution >= 0.6 is 0 Å². The van der Waals surface area contributed by atoms with Crippen LogP contribution < -0.4 is 10.1 Å². The molecule has 0 bridgehead atoms. The summed E-state index contributed by atoms with van der Waals surface area (Å²) in [5.74, 6) is 2.41. The SMILES string of the molecule is COc1cccc(COC(C)C(=O)NC(C)c2nnc3n2CCC3)c1. The molecule has 7 nitrogen and oxygen atoms in total. The highest BCUT2D eigenvalue weighted by Gasteiger charge is 2.24. The molecule has 2 heterocycles. The van der Waals surface area contributed by atoms with Gasteiger partial charge in [-0.05, 0) is 38.0 Å². The molecule has 0 radical (unpaired) electrons. The molecule has 0 saturated carbocycles. The number of fused-ring (bicyclic) bond motifs is 1. The summed E-state index contributed by atoms with van der Waals surface area (Å²) in [4.78, 5) is 12.4. The topological polar surface area (TPSA) is 78.3 Å². The Hall–Kier alpha value is -2.41. The summed E-state index contributed by atoms with van der Waals surface area (Å²) >= 11 is 0. The van der Waals surface area contributed by atoms with Crippen LogP contribution in [0.1, 0.15) is 43.5 Å². The summed E-state index contributed by atoms with van der Waals surface area (Å²) in [6, 6.07) is 7.41. The Bertz CT molecular complexity index is 744. The smallest absolute Gasteiger partial charge is 0.249 e. The predicted molar refractivity (Wildman–Crippen MR) is 92.1 cm³/mol. The number of hydrogen-bond donors (Lipinski definition) is 1. The summed E-state index contributed by atoms with van der Waals surface area (Å²) in [7, 11) is 1.62. The van der Waals surface area contributed by atoms with E-state index in [4.69, 9.17) is 9.47 Å². The van der Waals surface area contributed by atoms with E-state index in [1.54, 1.807) is 14.0 Å². The standard InChI is InChI=1S/C18H24N4O3/c1-12(17-21-20-16-8-5-9-22(16)17)19-18(23)13(2)25-11-14-6-4-7-15(10-14)24-3/h4,6-7,10,12-13H,5,8-9,11H2,1-3H3,(H,19,23). The quantitative estimate of drug-likeness (QED) is 0.831. The number of carbonyl (C=O) groups is 1. The van der Waals surface area contributed by atoms with E-state index >= 15 is 0 Å². The summed E-state index contributed by atoms with van der Waals surface area (Å²) in [5, 5.41) is 11.3. The Balaban J connectivity index is 1.53. The van der Waals surface area contributed by atoms with Crippen LogP contribution in [0, 0.1) is 0 Å². The molecule has 3 rings (SSSR count). The third kappa shape index (κ3) is 3.99.